The molecule has 3 N–H and O–H groups in total. The Morgan fingerprint density at radius 3 is 2.60 bits per heavy atom. The zero-order chi connectivity index (χ0) is 21.9. The maximum atomic E-state index is 13.1. The van der Waals surface area contributed by atoms with Crippen molar-refractivity contribution in [1.29, 1.82) is 0 Å². The Morgan fingerprint density at radius 1 is 1.30 bits per heavy atom. The highest BCUT2D eigenvalue weighted by Crippen LogP contribution is 2.39. The zero-order valence-corrected chi connectivity index (χ0v) is 17.9. The van der Waals surface area contributed by atoms with Gasteiger partial charge in [0.25, 0.3) is 5.91 Å². The average molecular weight is 437 g/mol. The van der Waals surface area contributed by atoms with Crippen LogP contribution < -0.4 is 5.32 Å². The van der Waals surface area contributed by atoms with E-state index in [1.165, 1.54) is 16.7 Å². The first-order chi connectivity index (χ1) is 14.2. The standard InChI is InChI=1S/C21H28N2O6S/c1-21(2)17(20(27)28)23(12-30-21)19(26)16(24)14(11-13-7-4-3-5-8-13)22-18(25)15-9-6-10-29-15/h3-5,7-8,14-17,24H,6,9-12H2,1-2H3,(H,22,25)(H,27,28)/t14-,15-,16-,17+/m0/s1. The van der Waals surface area contributed by atoms with Crippen molar-refractivity contribution in [2.45, 2.75) is 62.1 Å². The summed E-state index contributed by atoms with van der Waals surface area (Å²) < 4.78 is 4.73. The number of benzene rings is 1. The second-order valence-corrected chi connectivity index (χ2v) is 9.78. The van der Waals surface area contributed by atoms with Crippen LogP contribution in [0.4, 0.5) is 0 Å². The van der Waals surface area contributed by atoms with Gasteiger partial charge in [0.1, 0.15) is 12.1 Å². The van der Waals surface area contributed by atoms with Crippen LogP contribution in [0.15, 0.2) is 30.3 Å². The number of hydrogen-bond donors (Lipinski definition) is 3. The molecular formula is C21H28N2O6S. The second kappa shape index (κ2) is 9.36. The molecule has 0 bridgehead atoms. The van der Waals surface area contributed by atoms with E-state index in [1.807, 2.05) is 30.3 Å². The minimum absolute atomic E-state index is 0.164. The highest BCUT2D eigenvalue weighted by Gasteiger charge is 2.50. The molecule has 8 nitrogen and oxygen atoms in total. The van der Waals surface area contributed by atoms with Gasteiger partial charge in [-0.25, -0.2) is 4.79 Å². The molecule has 164 valence electrons. The molecule has 9 heteroatoms. The molecule has 0 unspecified atom stereocenters. The number of thioether (sulfide) groups is 1. The van der Waals surface area contributed by atoms with Gasteiger partial charge in [0.2, 0.25) is 5.91 Å². The summed E-state index contributed by atoms with van der Waals surface area (Å²) >= 11 is 1.35. The molecule has 2 heterocycles. The normalized spacial score (nSPS) is 25.0. The number of aliphatic carboxylic acids is 1. The van der Waals surface area contributed by atoms with Gasteiger partial charge < -0.3 is 25.2 Å². The predicted molar refractivity (Wildman–Crippen MR) is 112 cm³/mol. The minimum atomic E-state index is -1.58. The molecule has 0 spiro atoms. The molecular weight excluding hydrogens is 408 g/mol. The van der Waals surface area contributed by atoms with Crippen molar-refractivity contribution in [1.82, 2.24) is 10.2 Å². The third-order valence-electron chi connectivity index (χ3n) is 5.55. The summed E-state index contributed by atoms with van der Waals surface area (Å²) in [5.41, 5.74) is 0.841. The van der Waals surface area contributed by atoms with E-state index in [-0.39, 0.29) is 18.2 Å². The van der Waals surface area contributed by atoms with E-state index in [2.05, 4.69) is 5.32 Å². The molecule has 2 saturated heterocycles. The van der Waals surface area contributed by atoms with Gasteiger partial charge in [-0.2, -0.15) is 0 Å². The molecule has 1 aromatic rings. The first-order valence-corrected chi connectivity index (χ1v) is 11.0. The Morgan fingerprint density at radius 2 is 2.00 bits per heavy atom. The van der Waals surface area contributed by atoms with Crippen molar-refractivity contribution in [3.63, 3.8) is 0 Å². The van der Waals surface area contributed by atoms with Gasteiger partial charge in [-0.15, -0.1) is 11.8 Å². The molecule has 4 atom stereocenters. The number of carbonyl (C=O) groups excluding carboxylic acids is 2. The molecule has 0 saturated carbocycles. The number of carbonyl (C=O) groups is 3. The maximum Gasteiger partial charge on any atom is 0.327 e. The van der Waals surface area contributed by atoms with E-state index >= 15 is 0 Å². The number of carboxylic acid groups (broad SMARTS) is 1. The molecule has 2 amide bonds. The van der Waals surface area contributed by atoms with E-state index in [1.54, 1.807) is 13.8 Å². The van der Waals surface area contributed by atoms with Crippen molar-refractivity contribution in [3.05, 3.63) is 35.9 Å². The number of nitrogens with one attached hydrogen (secondary N) is 1. The summed E-state index contributed by atoms with van der Waals surface area (Å²) in [7, 11) is 0. The van der Waals surface area contributed by atoms with E-state index in [0.717, 1.165) is 12.0 Å². The lowest BCUT2D eigenvalue weighted by Crippen LogP contribution is -2.57. The van der Waals surface area contributed by atoms with Crippen LogP contribution in [0.3, 0.4) is 0 Å². The summed E-state index contributed by atoms with van der Waals surface area (Å²) in [6.07, 6.45) is -0.575. The summed E-state index contributed by atoms with van der Waals surface area (Å²) in [5, 5.41) is 23.3. The van der Waals surface area contributed by atoms with E-state index < -0.39 is 40.9 Å². The van der Waals surface area contributed by atoms with Crippen LogP contribution in [0, 0.1) is 0 Å². The fourth-order valence-corrected chi connectivity index (χ4v) is 5.03. The predicted octanol–water partition coefficient (Wildman–Crippen LogP) is 1.02. The van der Waals surface area contributed by atoms with Gasteiger partial charge in [0, 0.05) is 11.4 Å². The van der Waals surface area contributed by atoms with Crippen LogP contribution >= 0.6 is 11.8 Å². The molecule has 30 heavy (non-hydrogen) atoms. The fourth-order valence-electron chi connectivity index (χ4n) is 3.90. The SMILES string of the molecule is CC1(C)SCN(C(=O)[C@@H](O)[C@H](Cc2ccccc2)NC(=O)[C@@H]2CCCO2)[C@@H]1C(=O)O. The zero-order valence-electron chi connectivity index (χ0n) is 17.1. The lowest BCUT2D eigenvalue weighted by atomic mass is 9.97. The van der Waals surface area contributed by atoms with Crippen molar-refractivity contribution < 1.29 is 29.3 Å². The number of rotatable bonds is 7. The number of ether oxygens (including phenoxy) is 1. The number of aliphatic hydroxyl groups excluding tert-OH is 1. The van der Waals surface area contributed by atoms with Crippen LogP contribution in [-0.2, 0) is 25.5 Å². The van der Waals surface area contributed by atoms with Gasteiger partial charge >= 0.3 is 5.97 Å². The summed E-state index contributed by atoms with van der Waals surface area (Å²) in [5.74, 6) is -2.02. The highest BCUT2D eigenvalue weighted by atomic mass is 32.2. The summed E-state index contributed by atoms with van der Waals surface area (Å²) in [6, 6.07) is 7.25. The van der Waals surface area contributed by atoms with Crippen molar-refractivity contribution in [3.8, 4) is 0 Å². The van der Waals surface area contributed by atoms with Crippen LogP contribution in [0.25, 0.3) is 0 Å². The third kappa shape index (κ3) is 4.96. The van der Waals surface area contributed by atoms with Gasteiger partial charge in [-0.3, -0.25) is 9.59 Å². The van der Waals surface area contributed by atoms with Crippen molar-refractivity contribution in [2.75, 3.05) is 12.5 Å². The highest BCUT2D eigenvalue weighted by molar-refractivity contribution is 8.00. The number of amides is 2. The van der Waals surface area contributed by atoms with Crippen LogP contribution in [0.2, 0.25) is 0 Å². The van der Waals surface area contributed by atoms with E-state index in [9.17, 15) is 24.6 Å². The van der Waals surface area contributed by atoms with E-state index in [4.69, 9.17) is 4.74 Å². The molecule has 0 aromatic heterocycles. The van der Waals surface area contributed by atoms with Crippen molar-refractivity contribution in [2.24, 2.45) is 0 Å². The molecule has 3 rings (SSSR count). The molecule has 0 aliphatic carbocycles. The number of carboxylic acids is 1. The van der Waals surface area contributed by atoms with Gasteiger partial charge in [0.05, 0.1) is 11.9 Å². The lowest BCUT2D eigenvalue weighted by Gasteiger charge is -2.32. The maximum absolute atomic E-state index is 13.1. The Balaban J connectivity index is 1.79. The van der Waals surface area contributed by atoms with Crippen molar-refractivity contribution >= 4 is 29.5 Å². The topological polar surface area (TPSA) is 116 Å². The summed E-state index contributed by atoms with van der Waals surface area (Å²) in [4.78, 5) is 38.7. The first kappa shape index (κ1) is 22.6. The van der Waals surface area contributed by atoms with Gasteiger partial charge in [0.15, 0.2) is 6.10 Å². The Kier molecular flexibility index (Phi) is 7.05. The quantitative estimate of drug-likeness (QED) is 0.584. The third-order valence-corrected chi connectivity index (χ3v) is 6.92. The van der Waals surface area contributed by atoms with Crippen LogP contribution in [-0.4, -0.2) is 74.4 Å². The lowest BCUT2D eigenvalue weighted by molar-refractivity contribution is -0.154. The van der Waals surface area contributed by atoms with Crippen LogP contribution in [0.5, 0.6) is 0 Å². The average Bonchev–Trinajstić information content (AvgIpc) is 3.34. The fraction of sp³-hybridized carbons (Fsp3) is 0.571. The molecule has 2 aliphatic heterocycles. The number of aliphatic hydroxyl groups is 1. The van der Waals surface area contributed by atoms with E-state index in [0.29, 0.717) is 13.0 Å². The molecule has 1 aromatic carbocycles. The monoisotopic (exact) mass is 436 g/mol. The largest absolute Gasteiger partial charge is 0.480 e. The second-order valence-electron chi connectivity index (χ2n) is 8.18. The molecule has 2 aliphatic rings. The Labute approximate surface area is 180 Å². The molecule has 0 radical (unpaired) electrons. The smallest absolute Gasteiger partial charge is 0.327 e. The minimum Gasteiger partial charge on any atom is -0.480 e. The summed E-state index contributed by atoms with van der Waals surface area (Å²) in [6.45, 7) is 4.02. The number of hydrogen-bond acceptors (Lipinski definition) is 6. The number of nitrogens with zero attached hydrogens (tertiary/aromatic N) is 1. The molecule has 2 fully saturated rings. The Bertz CT molecular complexity index is 781. The van der Waals surface area contributed by atoms with Crippen LogP contribution in [0.1, 0.15) is 32.3 Å². The Hall–Kier alpha value is -2.10. The first-order valence-electron chi connectivity index (χ1n) is 10.0. The van der Waals surface area contributed by atoms with Gasteiger partial charge in [-0.05, 0) is 38.7 Å². The van der Waals surface area contributed by atoms with Gasteiger partial charge in [-0.1, -0.05) is 30.3 Å².